The molecule has 3 nitrogen and oxygen atoms in total. The maximum atomic E-state index is 10.6. The zero-order valence-corrected chi connectivity index (χ0v) is 9.69. The van der Waals surface area contributed by atoms with Crippen LogP contribution in [0.25, 0.3) is 0 Å². The molecule has 1 amide bonds. The summed E-state index contributed by atoms with van der Waals surface area (Å²) in [6.45, 7) is 6.38. The van der Waals surface area contributed by atoms with Crippen LogP contribution in [0.5, 0.6) is 0 Å². The van der Waals surface area contributed by atoms with Gasteiger partial charge in [0.05, 0.1) is 0 Å². The molecule has 0 radical (unpaired) electrons. The fraction of sp³-hybridized carbons (Fsp3) is 0.917. The van der Waals surface area contributed by atoms with Crippen LogP contribution in [0.4, 0.5) is 0 Å². The molecular weight excluding hydrogens is 188 g/mol. The van der Waals surface area contributed by atoms with E-state index in [1.54, 1.807) is 0 Å². The summed E-state index contributed by atoms with van der Waals surface area (Å²) in [6.07, 6.45) is 6.51. The standard InChI is InChI=1S/C12H22N2O/c1-11-3-2-4-12(9-11)14-7-5-13(10-15)6-8-14/h10-12H,2-9H2,1H3/t11-,12-/m0/s1. The maximum Gasteiger partial charge on any atom is 0.209 e. The van der Waals surface area contributed by atoms with Gasteiger partial charge in [-0.25, -0.2) is 0 Å². The first-order valence-corrected chi connectivity index (χ1v) is 6.23. The van der Waals surface area contributed by atoms with Crippen LogP contribution in [0.15, 0.2) is 0 Å². The van der Waals surface area contributed by atoms with Crippen LogP contribution < -0.4 is 0 Å². The lowest BCUT2D eigenvalue weighted by Gasteiger charge is -2.41. The molecule has 0 aromatic carbocycles. The molecule has 15 heavy (non-hydrogen) atoms. The Kier molecular flexibility index (Phi) is 3.62. The smallest absolute Gasteiger partial charge is 0.209 e. The third kappa shape index (κ3) is 2.71. The van der Waals surface area contributed by atoms with Crippen molar-refractivity contribution in [3.05, 3.63) is 0 Å². The van der Waals surface area contributed by atoms with Crippen molar-refractivity contribution < 1.29 is 4.79 Å². The third-order valence-electron chi connectivity index (χ3n) is 3.92. The quantitative estimate of drug-likeness (QED) is 0.642. The van der Waals surface area contributed by atoms with Gasteiger partial charge in [-0.05, 0) is 18.8 Å². The van der Waals surface area contributed by atoms with Gasteiger partial charge in [0.15, 0.2) is 0 Å². The van der Waals surface area contributed by atoms with Crippen LogP contribution in [-0.2, 0) is 4.79 Å². The maximum absolute atomic E-state index is 10.6. The molecule has 1 heterocycles. The number of nitrogens with zero attached hydrogens (tertiary/aromatic N) is 2. The molecule has 86 valence electrons. The fourth-order valence-electron chi connectivity index (χ4n) is 2.94. The molecule has 0 bridgehead atoms. The molecular formula is C12H22N2O. The SMILES string of the molecule is C[C@H]1CCC[C@H](N2CCN(C=O)CC2)C1. The number of carbonyl (C=O) groups is 1. The summed E-state index contributed by atoms with van der Waals surface area (Å²) in [6, 6.07) is 0.794. The summed E-state index contributed by atoms with van der Waals surface area (Å²) in [4.78, 5) is 15.1. The van der Waals surface area contributed by atoms with Gasteiger partial charge >= 0.3 is 0 Å². The van der Waals surface area contributed by atoms with E-state index >= 15 is 0 Å². The molecule has 0 aromatic heterocycles. The van der Waals surface area contributed by atoms with Gasteiger partial charge in [0, 0.05) is 32.2 Å². The van der Waals surface area contributed by atoms with Crippen molar-refractivity contribution in [1.29, 1.82) is 0 Å². The first-order chi connectivity index (χ1) is 7.29. The summed E-state index contributed by atoms with van der Waals surface area (Å²) >= 11 is 0. The predicted molar refractivity (Wildman–Crippen MR) is 60.6 cm³/mol. The summed E-state index contributed by atoms with van der Waals surface area (Å²) in [5.74, 6) is 0.896. The van der Waals surface area contributed by atoms with Crippen molar-refractivity contribution in [2.45, 2.75) is 38.6 Å². The molecule has 0 unspecified atom stereocenters. The Labute approximate surface area is 92.4 Å². The number of rotatable bonds is 2. The highest BCUT2D eigenvalue weighted by Crippen LogP contribution is 2.27. The van der Waals surface area contributed by atoms with Crippen molar-refractivity contribution in [3.63, 3.8) is 0 Å². The Balaban J connectivity index is 1.81. The molecule has 2 fully saturated rings. The lowest BCUT2D eigenvalue weighted by molar-refractivity contribution is -0.120. The fourth-order valence-corrected chi connectivity index (χ4v) is 2.94. The highest BCUT2D eigenvalue weighted by Gasteiger charge is 2.26. The van der Waals surface area contributed by atoms with Crippen LogP contribution in [-0.4, -0.2) is 48.4 Å². The van der Waals surface area contributed by atoms with Crippen LogP contribution in [0.3, 0.4) is 0 Å². The number of hydrogen-bond donors (Lipinski definition) is 0. The van der Waals surface area contributed by atoms with E-state index in [9.17, 15) is 4.79 Å². The Hall–Kier alpha value is -0.570. The topological polar surface area (TPSA) is 23.6 Å². The molecule has 0 aromatic rings. The van der Waals surface area contributed by atoms with Crippen molar-refractivity contribution in [2.75, 3.05) is 26.2 Å². The van der Waals surface area contributed by atoms with Gasteiger partial charge in [0.2, 0.25) is 6.41 Å². The lowest BCUT2D eigenvalue weighted by atomic mass is 9.86. The van der Waals surface area contributed by atoms with Crippen LogP contribution in [0.1, 0.15) is 32.6 Å². The molecule has 2 atom stereocenters. The van der Waals surface area contributed by atoms with Gasteiger partial charge in [0.1, 0.15) is 0 Å². The molecule has 3 heteroatoms. The number of carbonyl (C=O) groups excluding carboxylic acids is 1. The first kappa shape index (κ1) is 10.9. The molecule has 1 aliphatic carbocycles. The Bertz CT molecular complexity index is 212. The summed E-state index contributed by atoms with van der Waals surface area (Å²) < 4.78 is 0. The number of amides is 1. The molecule has 0 N–H and O–H groups in total. The van der Waals surface area contributed by atoms with E-state index in [0.29, 0.717) is 0 Å². The minimum Gasteiger partial charge on any atom is -0.343 e. The molecule has 1 saturated carbocycles. The average molecular weight is 210 g/mol. The van der Waals surface area contributed by atoms with Gasteiger partial charge in [-0.2, -0.15) is 0 Å². The Morgan fingerprint density at radius 1 is 1.13 bits per heavy atom. The number of hydrogen-bond acceptors (Lipinski definition) is 2. The second-order valence-corrected chi connectivity index (χ2v) is 5.10. The van der Waals surface area contributed by atoms with Gasteiger partial charge in [0.25, 0.3) is 0 Å². The molecule has 1 saturated heterocycles. The summed E-state index contributed by atoms with van der Waals surface area (Å²) in [5, 5.41) is 0. The average Bonchev–Trinajstić information content (AvgIpc) is 2.29. The number of piperazine rings is 1. The lowest BCUT2D eigenvalue weighted by Crippen LogP contribution is -2.50. The zero-order valence-electron chi connectivity index (χ0n) is 9.69. The van der Waals surface area contributed by atoms with Gasteiger partial charge in [-0.15, -0.1) is 0 Å². The molecule has 1 aliphatic heterocycles. The minimum absolute atomic E-state index is 0.794. The van der Waals surface area contributed by atoms with Crippen LogP contribution in [0, 0.1) is 5.92 Å². The van der Waals surface area contributed by atoms with Crippen molar-refractivity contribution in [1.82, 2.24) is 9.80 Å². The van der Waals surface area contributed by atoms with E-state index in [1.165, 1.54) is 25.7 Å². The van der Waals surface area contributed by atoms with Crippen molar-refractivity contribution in [2.24, 2.45) is 5.92 Å². The largest absolute Gasteiger partial charge is 0.343 e. The molecule has 2 aliphatic rings. The predicted octanol–water partition coefficient (Wildman–Crippen LogP) is 1.34. The van der Waals surface area contributed by atoms with Gasteiger partial charge in [-0.1, -0.05) is 19.8 Å². The van der Waals surface area contributed by atoms with Gasteiger partial charge in [-0.3, -0.25) is 9.69 Å². The summed E-state index contributed by atoms with van der Waals surface area (Å²) in [5.41, 5.74) is 0. The van der Waals surface area contributed by atoms with Crippen LogP contribution >= 0.6 is 0 Å². The van der Waals surface area contributed by atoms with E-state index in [1.807, 2.05) is 4.90 Å². The minimum atomic E-state index is 0.794. The van der Waals surface area contributed by atoms with Gasteiger partial charge < -0.3 is 4.90 Å². The van der Waals surface area contributed by atoms with Crippen molar-refractivity contribution in [3.8, 4) is 0 Å². The Morgan fingerprint density at radius 2 is 1.87 bits per heavy atom. The normalized spacial score (nSPS) is 34.1. The van der Waals surface area contributed by atoms with E-state index in [-0.39, 0.29) is 0 Å². The Morgan fingerprint density at radius 3 is 2.47 bits per heavy atom. The van der Waals surface area contributed by atoms with E-state index in [0.717, 1.165) is 44.5 Å². The highest BCUT2D eigenvalue weighted by molar-refractivity contribution is 5.47. The second kappa shape index (κ2) is 4.97. The van der Waals surface area contributed by atoms with E-state index < -0.39 is 0 Å². The highest BCUT2D eigenvalue weighted by atomic mass is 16.1. The van der Waals surface area contributed by atoms with E-state index in [2.05, 4.69) is 11.8 Å². The molecule has 2 rings (SSSR count). The van der Waals surface area contributed by atoms with Crippen molar-refractivity contribution >= 4 is 6.41 Å². The molecule has 0 spiro atoms. The zero-order chi connectivity index (χ0) is 10.7. The third-order valence-corrected chi connectivity index (χ3v) is 3.92. The second-order valence-electron chi connectivity index (χ2n) is 5.10. The monoisotopic (exact) mass is 210 g/mol. The van der Waals surface area contributed by atoms with E-state index in [4.69, 9.17) is 0 Å². The summed E-state index contributed by atoms with van der Waals surface area (Å²) in [7, 11) is 0. The first-order valence-electron chi connectivity index (χ1n) is 6.23. The van der Waals surface area contributed by atoms with Crippen LogP contribution in [0.2, 0.25) is 0 Å².